The predicted molar refractivity (Wildman–Crippen MR) is 131 cm³/mol. The predicted octanol–water partition coefficient (Wildman–Crippen LogP) is 4.84. The molecule has 0 spiro atoms. The molecule has 0 saturated carbocycles. The molecule has 0 heterocycles. The van der Waals surface area contributed by atoms with Gasteiger partial charge in [-0.3, -0.25) is 4.79 Å². The van der Waals surface area contributed by atoms with E-state index in [2.05, 4.69) is 34.9 Å². The molecule has 182 valence electrons. The number of benzene rings is 2. The first-order valence-corrected chi connectivity index (χ1v) is 11.9. The van der Waals surface area contributed by atoms with Gasteiger partial charge in [-0.25, -0.2) is 9.59 Å². The Balaban J connectivity index is 1.60. The van der Waals surface area contributed by atoms with E-state index in [1.807, 2.05) is 38.1 Å². The maximum atomic E-state index is 12.6. The number of hydrogen-bond acceptors (Lipinski definition) is 4. The van der Waals surface area contributed by atoms with Crippen LogP contribution in [-0.4, -0.2) is 41.3 Å². The summed E-state index contributed by atoms with van der Waals surface area (Å²) >= 11 is 0. The summed E-state index contributed by atoms with van der Waals surface area (Å²) in [6.07, 6.45) is 1.70. The van der Waals surface area contributed by atoms with Gasteiger partial charge >= 0.3 is 12.1 Å². The first-order chi connectivity index (χ1) is 16.3. The van der Waals surface area contributed by atoms with Crippen molar-refractivity contribution in [3.05, 3.63) is 59.7 Å². The van der Waals surface area contributed by atoms with Crippen LogP contribution in [0, 0.1) is 0 Å². The Labute approximate surface area is 200 Å². The van der Waals surface area contributed by atoms with Crippen molar-refractivity contribution < 1.29 is 24.2 Å². The fourth-order valence-corrected chi connectivity index (χ4v) is 4.69. The molecule has 7 heteroatoms. The molecule has 0 bridgehead atoms. The average molecular weight is 467 g/mol. The van der Waals surface area contributed by atoms with Crippen LogP contribution in [0.5, 0.6) is 0 Å². The van der Waals surface area contributed by atoms with Gasteiger partial charge in [-0.15, -0.1) is 0 Å². The van der Waals surface area contributed by atoms with Gasteiger partial charge in [-0.1, -0.05) is 75.2 Å². The van der Waals surface area contributed by atoms with E-state index in [-0.39, 0.29) is 18.9 Å². The molecule has 0 aliphatic heterocycles. The van der Waals surface area contributed by atoms with Gasteiger partial charge in [0.15, 0.2) is 0 Å². The molecular weight excluding hydrogens is 432 g/mol. The third-order valence-electron chi connectivity index (χ3n) is 6.37. The van der Waals surface area contributed by atoms with Crippen LogP contribution in [0.15, 0.2) is 48.5 Å². The normalized spacial score (nSPS) is 14.9. The van der Waals surface area contributed by atoms with E-state index in [4.69, 9.17) is 4.74 Å². The van der Waals surface area contributed by atoms with Gasteiger partial charge in [-0.05, 0) is 42.0 Å². The Morgan fingerprint density at radius 2 is 1.59 bits per heavy atom. The van der Waals surface area contributed by atoms with Gasteiger partial charge in [0.25, 0.3) is 0 Å². The Kier molecular flexibility index (Phi) is 8.31. The topological polar surface area (TPSA) is 105 Å². The Morgan fingerprint density at radius 3 is 2.12 bits per heavy atom. The van der Waals surface area contributed by atoms with Crippen LogP contribution < -0.4 is 10.6 Å². The van der Waals surface area contributed by atoms with Gasteiger partial charge in [-0.2, -0.15) is 0 Å². The van der Waals surface area contributed by atoms with E-state index in [1.165, 1.54) is 6.92 Å². The maximum Gasteiger partial charge on any atom is 0.407 e. The summed E-state index contributed by atoms with van der Waals surface area (Å²) < 4.78 is 5.60. The number of rotatable bonds is 11. The highest BCUT2D eigenvalue weighted by atomic mass is 16.5. The highest BCUT2D eigenvalue weighted by molar-refractivity contribution is 5.87. The van der Waals surface area contributed by atoms with Crippen LogP contribution in [0.3, 0.4) is 0 Å². The molecule has 7 nitrogen and oxygen atoms in total. The number of carboxylic acids is 1. The molecule has 0 radical (unpaired) electrons. The lowest BCUT2D eigenvalue weighted by Crippen LogP contribution is -2.53. The van der Waals surface area contributed by atoms with Crippen molar-refractivity contribution in [3.63, 3.8) is 0 Å². The van der Waals surface area contributed by atoms with Crippen molar-refractivity contribution >= 4 is 18.0 Å². The zero-order valence-corrected chi connectivity index (χ0v) is 20.1. The zero-order chi connectivity index (χ0) is 24.7. The number of alkyl carbamates (subject to hydrolysis) is 1. The van der Waals surface area contributed by atoms with Crippen LogP contribution in [0.1, 0.15) is 69.9 Å². The van der Waals surface area contributed by atoms with E-state index in [0.29, 0.717) is 19.3 Å². The van der Waals surface area contributed by atoms with Crippen molar-refractivity contribution in [1.82, 2.24) is 10.6 Å². The monoisotopic (exact) mass is 466 g/mol. The fraction of sp³-hybridized carbons (Fsp3) is 0.444. The molecule has 2 aromatic carbocycles. The van der Waals surface area contributed by atoms with Crippen LogP contribution >= 0.6 is 0 Å². The summed E-state index contributed by atoms with van der Waals surface area (Å²) in [5.41, 5.74) is 3.24. The van der Waals surface area contributed by atoms with Crippen LogP contribution in [0.2, 0.25) is 0 Å². The highest BCUT2D eigenvalue weighted by Crippen LogP contribution is 2.44. The van der Waals surface area contributed by atoms with Gasteiger partial charge in [0.2, 0.25) is 5.91 Å². The summed E-state index contributed by atoms with van der Waals surface area (Å²) in [7, 11) is 0. The standard InChI is InChI=1S/C27H34N2O5/c1-4-10-18(16-24(30)29-27(3,15-5-2)25(31)32)28-26(33)34-17-23-21-13-8-6-11-19(21)20-12-7-9-14-22(20)23/h6-9,11-14,18,23H,4-5,10,15-17H2,1-3H3,(H,28,33)(H,29,30)(H,31,32)/t18-,27?/m1/s1. The number of ether oxygens (including phenoxy) is 1. The van der Waals surface area contributed by atoms with E-state index >= 15 is 0 Å². The number of hydrogen-bond donors (Lipinski definition) is 3. The summed E-state index contributed by atoms with van der Waals surface area (Å²) in [6, 6.07) is 15.8. The molecule has 2 aromatic rings. The second-order valence-corrected chi connectivity index (χ2v) is 9.10. The van der Waals surface area contributed by atoms with Gasteiger partial charge in [0.1, 0.15) is 12.1 Å². The third kappa shape index (κ3) is 5.76. The van der Waals surface area contributed by atoms with Crippen molar-refractivity contribution in [3.8, 4) is 11.1 Å². The van der Waals surface area contributed by atoms with Crippen LogP contribution in [0.25, 0.3) is 11.1 Å². The van der Waals surface area contributed by atoms with Gasteiger partial charge in [0.05, 0.1) is 0 Å². The lowest BCUT2D eigenvalue weighted by Gasteiger charge is -2.27. The molecule has 0 saturated heterocycles. The minimum Gasteiger partial charge on any atom is -0.480 e. The van der Waals surface area contributed by atoms with Crippen LogP contribution in [-0.2, 0) is 14.3 Å². The largest absolute Gasteiger partial charge is 0.480 e. The van der Waals surface area contributed by atoms with E-state index in [1.54, 1.807) is 0 Å². The Morgan fingerprint density at radius 1 is 1.00 bits per heavy atom. The minimum absolute atomic E-state index is 0.00931. The quantitative estimate of drug-likeness (QED) is 0.439. The molecule has 2 atom stereocenters. The van der Waals surface area contributed by atoms with E-state index in [9.17, 15) is 19.5 Å². The Hall–Kier alpha value is -3.35. The van der Waals surface area contributed by atoms with Gasteiger partial charge < -0.3 is 20.5 Å². The summed E-state index contributed by atoms with van der Waals surface area (Å²) in [5, 5.41) is 14.9. The smallest absolute Gasteiger partial charge is 0.407 e. The second-order valence-electron chi connectivity index (χ2n) is 9.10. The minimum atomic E-state index is -1.33. The highest BCUT2D eigenvalue weighted by Gasteiger charge is 2.34. The van der Waals surface area contributed by atoms with Crippen molar-refractivity contribution in [2.24, 2.45) is 0 Å². The number of nitrogens with one attached hydrogen (secondary N) is 2. The van der Waals surface area contributed by atoms with Crippen molar-refractivity contribution in [2.75, 3.05) is 6.61 Å². The SMILES string of the molecule is CCC[C@H](CC(=O)NC(C)(CCC)C(=O)O)NC(=O)OCC1c2ccccc2-c2ccccc21. The lowest BCUT2D eigenvalue weighted by molar-refractivity contribution is -0.147. The van der Waals surface area contributed by atoms with Gasteiger partial charge in [0, 0.05) is 18.4 Å². The summed E-state index contributed by atoms with van der Waals surface area (Å²) in [5.74, 6) is -1.52. The number of carboxylic acid groups (broad SMARTS) is 1. The number of fused-ring (bicyclic) bond motifs is 3. The molecule has 1 aliphatic rings. The van der Waals surface area contributed by atoms with Crippen LogP contribution in [0.4, 0.5) is 4.79 Å². The average Bonchev–Trinajstić information content (AvgIpc) is 3.11. The number of amides is 2. The zero-order valence-electron chi connectivity index (χ0n) is 20.1. The molecule has 3 N–H and O–H groups in total. The summed E-state index contributed by atoms with van der Waals surface area (Å²) in [6.45, 7) is 5.53. The molecular formula is C27H34N2O5. The molecule has 3 rings (SSSR count). The van der Waals surface area contributed by atoms with Crippen molar-refractivity contribution in [2.45, 2.75) is 70.4 Å². The molecule has 0 fully saturated rings. The van der Waals surface area contributed by atoms with E-state index in [0.717, 1.165) is 28.7 Å². The number of carbonyl (C=O) groups excluding carboxylic acids is 2. The lowest BCUT2D eigenvalue weighted by atomic mass is 9.95. The number of aliphatic carboxylic acids is 1. The van der Waals surface area contributed by atoms with E-state index < -0.39 is 29.6 Å². The molecule has 34 heavy (non-hydrogen) atoms. The molecule has 1 unspecified atom stereocenters. The second kappa shape index (κ2) is 11.2. The summed E-state index contributed by atoms with van der Waals surface area (Å²) in [4.78, 5) is 36.8. The first kappa shape index (κ1) is 25.3. The molecule has 0 aromatic heterocycles. The number of carbonyl (C=O) groups is 3. The first-order valence-electron chi connectivity index (χ1n) is 11.9. The van der Waals surface area contributed by atoms with Crippen molar-refractivity contribution in [1.29, 1.82) is 0 Å². The Bertz CT molecular complexity index is 992. The maximum absolute atomic E-state index is 12.6. The third-order valence-corrected chi connectivity index (χ3v) is 6.37. The molecule has 1 aliphatic carbocycles. The molecule has 2 amide bonds. The fourth-order valence-electron chi connectivity index (χ4n) is 4.69.